The van der Waals surface area contributed by atoms with E-state index in [1.165, 1.54) is 17.7 Å². The van der Waals surface area contributed by atoms with Crippen LogP contribution in [0.5, 0.6) is 11.5 Å². The fourth-order valence-corrected chi connectivity index (χ4v) is 4.26. The molecule has 2 atom stereocenters. The van der Waals surface area contributed by atoms with Crippen molar-refractivity contribution in [2.75, 3.05) is 20.8 Å². The highest BCUT2D eigenvalue weighted by Gasteiger charge is 2.35. The second-order valence-corrected chi connectivity index (χ2v) is 8.38. The Morgan fingerprint density at radius 3 is 2.39 bits per heavy atom. The Labute approximate surface area is 184 Å². The summed E-state index contributed by atoms with van der Waals surface area (Å²) in [6.07, 6.45) is 1.65. The molecule has 5 nitrogen and oxygen atoms in total. The highest BCUT2D eigenvalue weighted by Crippen LogP contribution is 2.40. The summed E-state index contributed by atoms with van der Waals surface area (Å²) in [5.74, 6) is 1.11. The number of carbonyl (C=O) groups excluding carboxylic acids is 1. The van der Waals surface area contributed by atoms with E-state index in [9.17, 15) is 9.18 Å². The molecule has 1 aliphatic heterocycles. The first-order valence-corrected chi connectivity index (χ1v) is 10.9. The number of benzene rings is 2. The number of hydrogen-bond acceptors (Lipinski definition) is 4. The maximum Gasteiger partial charge on any atom is 0.222 e. The molecule has 1 amide bonds. The van der Waals surface area contributed by atoms with Gasteiger partial charge in [-0.25, -0.2) is 4.39 Å². The number of fused-ring (bicyclic) bond motifs is 1. The van der Waals surface area contributed by atoms with Crippen LogP contribution in [0.3, 0.4) is 0 Å². The first kappa shape index (κ1) is 23.1. The van der Waals surface area contributed by atoms with Gasteiger partial charge in [0.15, 0.2) is 11.5 Å². The Hall–Kier alpha value is -2.60. The largest absolute Gasteiger partial charge is 0.493 e. The zero-order chi connectivity index (χ0) is 22.5. The van der Waals surface area contributed by atoms with Crippen LogP contribution in [-0.2, 0) is 17.8 Å². The van der Waals surface area contributed by atoms with Crippen LogP contribution in [0.2, 0.25) is 0 Å². The predicted octanol–water partition coefficient (Wildman–Crippen LogP) is 4.49. The number of hydrogen-bond donors (Lipinski definition) is 1. The van der Waals surface area contributed by atoms with Gasteiger partial charge in [-0.15, -0.1) is 0 Å². The third-order valence-electron chi connectivity index (χ3n) is 6.00. The van der Waals surface area contributed by atoms with Crippen LogP contribution >= 0.6 is 0 Å². The van der Waals surface area contributed by atoms with Crippen LogP contribution in [0.4, 0.5) is 4.39 Å². The quantitative estimate of drug-likeness (QED) is 0.673. The molecule has 0 aliphatic carbocycles. The molecule has 1 heterocycles. The van der Waals surface area contributed by atoms with E-state index in [0.29, 0.717) is 18.0 Å². The van der Waals surface area contributed by atoms with Crippen molar-refractivity contribution < 1.29 is 18.7 Å². The molecule has 2 aromatic carbocycles. The molecule has 0 aromatic heterocycles. The zero-order valence-electron chi connectivity index (χ0n) is 19.1. The average Bonchev–Trinajstić information content (AvgIpc) is 2.77. The fraction of sp³-hybridized carbons (Fsp3) is 0.480. The lowest BCUT2D eigenvalue weighted by molar-refractivity contribution is -0.125. The van der Waals surface area contributed by atoms with Gasteiger partial charge in [0, 0.05) is 25.0 Å². The van der Waals surface area contributed by atoms with Crippen LogP contribution in [0.15, 0.2) is 36.4 Å². The minimum Gasteiger partial charge on any atom is -0.493 e. The van der Waals surface area contributed by atoms with Gasteiger partial charge in [-0.05, 0) is 53.8 Å². The zero-order valence-corrected chi connectivity index (χ0v) is 19.1. The summed E-state index contributed by atoms with van der Waals surface area (Å²) in [4.78, 5) is 14.9. The standard InChI is InChI=1S/C25H33FN2O3/c1-6-21(27-25(29)16(2)3)24-20-14-23(31-5)22(30-4)13-18(20)11-12-28(24)15-17-7-9-19(26)10-8-17/h7-10,13-14,16,21,24H,6,11-12,15H2,1-5H3,(H,27,29)/t21-,24-/m0/s1. The van der Waals surface area contributed by atoms with Crippen LogP contribution < -0.4 is 14.8 Å². The smallest absolute Gasteiger partial charge is 0.222 e. The van der Waals surface area contributed by atoms with Gasteiger partial charge in [-0.3, -0.25) is 9.69 Å². The van der Waals surface area contributed by atoms with E-state index in [2.05, 4.69) is 17.1 Å². The molecule has 168 valence electrons. The van der Waals surface area contributed by atoms with Crippen LogP contribution in [0, 0.1) is 11.7 Å². The van der Waals surface area contributed by atoms with Gasteiger partial charge in [-0.1, -0.05) is 32.9 Å². The summed E-state index contributed by atoms with van der Waals surface area (Å²) < 4.78 is 24.5. The summed E-state index contributed by atoms with van der Waals surface area (Å²) in [7, 11) is 3.28. The maximum atomic E-state index is 13.4. The molecule has 0 radical (unpaired) electrons. The van der Waals surface area contributed by atoms with Gasteiger partial charge < -0.3 is 14.8 Å². The van der Waals surface area contributed by atoms with Crippen molar-refractivity contribution in [1.82, 2.24) is 10.2 Å². The highest BCUT2D eigenvalue weighted by atomic mass is 19.1. The van der Waals surface area contributed by atoms with E-state index in [-0.39, 0.29) is 29.7 Å². The Balaban J connectivity index is 2.02. The number of ether oxygens (including phenoxy) is 2. The Morgan fingerprint density at radius 1 is 1.16 bits per heavy atom. The third-order valence-corrected chi connectivity index (χ3v) is 6.00. The minimum absolute atomic E-state index is 0.0266. The lowest BCUT2D eigenvalue weighted by atomic mass is 9.86. The maximum absolute atomic E-state index is 13.4. The van der Waals surface area contributed by atoms with Crippen molar-refractivity contribution >= 4 is 5.91 Å². The molecule has 0 unspecified atom stereocenters. The normalized spacial score (nSPS) is 17.2. The van der Waals surface area contributed by atoms with E-state index in [1.807, 2.05) is 38.1 Å². The number of rotatable bonds is 8. The summed E-state index contributed by atoms with van der Waals surface area (Å²) in [6.45, 7) is 7.41. The second-order valence-electron chi connectivity index (χ2n) is 8.38. The van der Waals surface area contributed by atoms with Gasteiger partial charge in [0.25, 0.3) is 0 Å². The van der Waals surface area contributed by atoms with Crippen molar-refractivity contribution in [3.8, 4) is 11.5 Å². The van der Waals surface area contributed by atoms with E-state index in [1.54, 1.807) is 14.2 Å². The predicted molar refractivity (Wildman–Crippen MR) is 120 cm³/mol. The number of methoxy groups -OCH3 is 2. The van der Waals surface area contributed by atoms with Crippen molar-refractivity contribution in [2.24, 2.45) is 5.92 Å². The molecule has 6 heteroatoms. The number of amides is 1. The van der Waals surface area contributed by atoms with Gasteiger partial charge >= 0.3 is 0 Å². The molecule has 0 saturated carbocycles. The second kappa shape index (κ2) is 10.1. The molecule has 0 bridgehead atoms. The summed E-state index contributed by atoms with van der Waals surface area (Å²) in [5, 5.41) is 3.26. The summed E-state index contributed by atoms with van der Waals surface area (Å²) in [6, 6.07) is 10.6. The van der Waals surface area contributed by atoms with Crippen molar-refractivity contribution in [2.45, 2.75) is 52.2 Å². The van der Waals surface area contributed by atoms with Crippen molar-refractivity contribution in [3.63, 3.8) is 0 Å². The molecule has 0 fully saturated rings. The van der Waals surface area contributed by atoms with Gasteiger partial charge in [0.2, 0.25) is 5.91 Å². The minimum atomic E-state index is -0.239. The van der Waals surface area contributed by atoms with Gasteiger partial charge in [-0.2, -0.15) is 0 Å². The number of carbonyl (C=O) groups is 1. The van der Waals surface area contributed by atoms with Crippen LogP contribution in [0.25, 0.3) is 0 Å². The van der Waals surface area contributed by atoms with E-state index >= 15 is 0 Å². The Bertz CT molecular complexity index is 898. The Morgan fingerprint density at radius 2 is 1.81 bits per heavy atom. The number of halogens is 1. The lowest BCUT2D eigenvalue weighted by Crippen LogP contribution is -2.49. The van der Waals surface area contributed by atoms with Crippen molar-refractivity contribution in [3.05, 3.63) is 58.9 Å². The van der Waals surface area contributed by atoms with Crippen molar-refractivity contribution in [1.29, 1.82) is 0 Å². The van der Waals surface area contributed by atoms with Crippen LogP contribution in [0.1, 0.15) is 49.9 Å². The molecule has 3 rings (SSSR count). The van der Waals surface area contributed by atoms with Crippen LogP contribution in [-0.4, -0.2) is 37.6 Å². The SMILES string of the molecule is CC[C@H](NC(=O)C(C)C)[C@@H]1c2cc(OC)c(OC)cc2CCN1Cc1ccc(F)cc1. The Kier molecular flexibility index (Phi) is 7.55. The molecule has 1 N–H and O–H groups in total. The van der Waals surface area contributed by atoms with E-state index in [4.69, 9.17) is 9.47 Å². The molecule has 2 aromatic rings. The summed E-state index contributed by atoms with van der Waals surface area (Å²) >= 11 is 0. The van der Waals surface area contributed by atoms with E-state index < -0.39 is 0 Å². The molecule has 0 saturated heterocycles. The summed E-state index contributed by atoms with van der Waals surface area (Å²) in [5.41, 5.74) is 3.39. The topological polar surface area (TPSA) is 50.8 Å². The first-order valence-electron chi connectivity index (χ1n) is 10.9. The number of nitrogens with zero attached hydrogens (tertiary/aromatic N) is 1. The molecule has 31 heavy (non-hydrogen) atoms. The monoisotopic (exact) mass is 428 g/mol. The lowest BCUT2D eigenvalue weighted by Gasteiger charge is -2.42. The molecular formula is C25H33FN2O3. The fourth-order valence-electron chi connectivity index (χ4n) is 4.26. The van der Waals surface area contributed by atoms with E-state index in [0.717, 1.165) is 30.5 Å². The van der Waals surface area contributed by atoms with Gasteiger partial charge in [0.05, 0.1) is 20.3 Å². The van der Waals surface area contributed by atoms with Gasteiger partial charge in [0.1, 0.15) is 5.82 Å². The highest BCUT2D eigenvalue weighted by molar-refractivity contribution is 5.78. The average molecular weight is 429 g/mol. The third kappa shape index (κ3) is 5.18. The molecule has 1 aliphatic rings. The molecule has 0 spiro atoms. The number of nitrogens with one attached hydrogen (secondary N) is 1. The first-order chi connectivity index (χ1) is 14.9. The molecular weight excluding hydrogens is 395 g/mol.